The van der Waals surface area contributed by atoms with Crippen LogP contribution in [0, 0.1) is 13.8 Å². The second kappa shape index (κ2) is 9.00. The monoisotopic (exact) mass is 491 g/mol. The summed E-state index contributed by atoms with van der Waals surface area (Å²) in [4.78, 5) is 24.1. The van der Waals surface area contributed by atoms with E-state index in [4.69, 9.17) is 14.5 Å². The predicted octanol–water partition coefficient (Wildman–Crippen LogP) is 5.58. The molecule has 0 radical (unpaired) electrons. The molecule has 0 fully saturated rings. The molecule has 7 heteroatoms. The van der Waals surface area contributed by atoms with E-state index in [9.17, 15) is 4.79 Å². The van der Waals surface area contributed by atoms with Crippen LogP contribution in [-0.2, 0) is 19.3 Å². The van der Waals surface area contributed by atoms with Crippen LogP contribution in [0.1, 0.15) is 70.6 Å². The van der Waals surface area contributed by atoms with Crippen molar-refractivity contribution >= 4 is 22.8 Å². The Kier molecular flexibility index (Phi) is 5.63. The highest BCUT2D eigenvalue weighted by Crippen LogP contribution is 2.37. The third kappa shape index (κ3) is 4.00. The number of aromatic amines is 1. The second-order valence-corrected chi connectivity index (χ2v) is 9.79. The first-order chi connectivity index (χ1) is 17.9. The molecule has 1 N–H and O–H groups in total. The van der Waals surface area contributed by atoms with Crippen LogP contribution >= 0.6 is 0 Å². The lowest BCUT2D eigenvalue weighted by atomic mass is 9.91. The van der Waals surface area contributed by atoms with Crippen molar-refractivity contribution in [2.24, 2.45) is 0 Å². The molecule has 1 atom stereocenters. The van der Waals surface area contributed by atoms with Gasteiger partial charge in [0, 0.05) is 12.1 Å². The molecule has 3 heterocycles. The molecule has 0 bridgehead atoms. The average molecular weight is 492 g/mol. The van der Waals surface area contributed by atoms with Gasteiger partial charge in [0.05, 0.1) is 6.04 Å². The number of hydrogen-bond donors (Lipinski definition) is 1. The fourth-order valence-corrected chi connectivity index (χ4v) is 5.58. The minimum absolute atomic E-state index is 0.0731. The fourth-order valence-electron chi connectivity index (χ4n) is 5.58. The van der Waals surface area contributed by atoms with Crippen LogP contribution in [0.25, 0.3) is 22.8 Å². The van der Waals surface area contributed by atoms with E-state index in [1.165, 1.54) is 16.7 Å². The standard InChI is InChI=1S/C30H29N5O2/c1-5-27-33-28-17(2)14-18(3)31-29(28)35(27)19(4)21-12-13-24-22(15-21)11-10-20-8-6-7-9-23(20)25(24)16-26-32-30(36)37-34-26/h6-9,12-16,19H,5,10-11H2,1-4H3,(H,32,34,36). The van der Waals surface area contributed by atoms with Crippen LogP contribution in [0.4, 0.5) is 0 Å². The van der Waals surface area contributed by atoms with Crippen LogP contribution in [0.2, 0.25) is 0 Å². The summed E-state index contributed by atoms with van der Waals surface area (Å²) in [7, 11) is 0. The van der Waals surface area contributed by atoms with Gasteiger partial charge in [-0.2, -0.15) is 0 Å². The van der Waals surface area contributed by atoms with Crippen LogP contribution in [-0.4, -0.2) is 24.7 Å². The van der Waals surface area contributed by atoms with Gasteiger partial charge in [0.25, 0.3) is 0 Å². The molecule has 2 aromatic carbocycles. The first-order valence-electron chi connectivity index (χ1n) is 12.8. The van der Waals surface area contributed by atoms with Crippen molar-refractivity contribution < 1.29 is 4.52 Å². The Morgan fingerprint density at radius 2 is 1.84 bits per heavy atom. The van der Waals surface area contributed by atoms with Crippen molar-refractivity contribution in [3.05, 3.63) is 110 Å². The Hall–Kier alpha value is -4.26. The van der Waals surface area contributed by atoms with E-state index in [1.54, 1.807) is 0 Å². The SMILES string of the molecule is CCc1nc2c(C)cc(C)nc2n1C(C)c1ccc2c(c1)CCc1ccccc1C2=Cc1noc(=O)[nH]1. The summed E-state index contributed by atoms with van der Waals surface area (Å²) in [6, 6.07) is 17.3. The number of aromatic nitrogens is 5. The summed E-state index contributed by atoms with van der Waals surface area (Å²) in [5.74, 6) is 0.896. The number of hydrogen-bond acceptors (Lipinski definition) is 5. The number of pyridine rings is 1. The maximum Gasteiger partial charge on any atom is 0.439 e. The van der Waals surface area contributed by atoms with E-state index in [1.807, 2.05) is 19.1 Å². The van der Waals surface area contributed by atoms with Gasteiger partial charge >= 0.3 is 5.76 Å². The molecule has 1 aliphatic rings. The molecule has 3 aromatic heterocycles. The minimum Gasteiger partial charge on any atom is -0.305 e. The van der Waals surface area contributed by atoms with Crippen LogP contribution in [0.15, 0.2) is 57.8 Å². The van der Waals surface area contributed by atoms with Crippen LogP contribution in [0.3, 0.4) is 0 Å². The Morgan fingerprint density at radius 3 is 2.62 bits per heavy atom. The second-order valence-electron chi connectivity index (χ2n) is 9.79. The molecule has 0 saturated heterocycles. The highest BCUT2D eigenvalue weighted by molar-refractivity contribution is 5.93. The molecule has 186 valence electrons. The van der Waals surface area contributed by atoms with E-state index in [0.29, 0.717) is 5.82 Å². The highest BCUT2D eigenvalue weighted by Gasteiger charge is 2.23. The van der Waals surface area contributed by atoms with Gasteiger partial charge in [0.15, 0.2) is 11.5 Å². The molecule has 5 aromatic rings. The summed E-state index contributed by atoms with van der Waals surface area (Å²) in [6.07, 6.45) is 4.59. The van der Waals surface area contributed by atoms with E-state index in [2.05, 4.69) is 77.9 Å². The smallest absolute Gasteiger partial charge is 0.305 e. The van der Waals surface area contributed by atoms with Gasteiger partial charge in [-0.1, -0.05) is 54.5 Å². The molecule has 1 aliphatic carbocycles. The van der Waals surface area contributed by atoms with Crippen molar-refractivity contribution in [2.45, 2.75) is 53.0 Å². The summed E-state index contributed by atoms with van der Waals surface area (Å²) < 4.78 is 7.05. The quantitative estimate of drug-likeness (QED) is 0.354. The first-order valence-corrected chi connectivity index (χ1v) is 12.8. The number of H-pyrrole nitrogens is 1. The molecule has 6 rings (SSSR count). The molecule has 0 spiro atoms. The lowest BCUT2D eigenvalue weighted by molar-refractivity contribution is 0.385. The molecule has 37 heavy (non-hydrogen) atoms. The van der Waals surface area contributed by atoms with Crippen molar-refractivity contribution in [2.75, 3.05) is 0 Å². The zero-order valence-electron chi connectivity index (χ0n) is 21.5. The summed E-state index contributed by atoms with van der Waals surface area (Å²) in [6.45, 7) is 8.51. The zero-order chi connectivity index (χ0) is 25.7. The van der Waals surface area contributed by atoms with Crippen molar-refractivity contribution in [3.8, 4) is 0 Å². The molecule has 0 aliphatic heterocycles. The Labute approximate surface area is 214 Å². The predicted molar refractivity (Wildman–Crippen MR) is 145 cm³/mol. The fraction of sp³-hybridized carbons (Fsp3) is 0.267. The van der Waals surface area contributed by atoms with Crippen molar-refractivity contribution in [3.63, 3.8) is 0 Å². The Balaban J connectivity index is 1.49. The maximum atomic E-state index is 11.6. The number of nitrogens with one attached hydrogen (secondary N) is 1. The summed E-state index contributed by atoms with van der Waals surface area (Å²) in [5.41, 5.74) is 11.2. The van der Waals surface area contributed by atoms with E-state index in [0.717, 1.165) is 64.2 Å². The van der Waals surface area contributed by atoms with Gasteiger partial charge in [0.1, 0.15) is 11.3 Å². The molecule has 1 unspecified atom stereocenters. The third-order valence-corrected chi connectivity index (χ3v) is 7.35. The Bertz CT molecular complexity index is 1740. The largest absolute Gasteiger partial charge is 0.439 e. The van der Waals surface area contributed by atoms with Crippen molar-refractivity contribution in [1.29, 1.82) is 0 Å². The topological polar surface area (TPSA) is 89.6 Å². The third-order valence-electron chi connectivity index (χ3n) is 7.35. The lowest BCUT2D eigenvalue weighted by Gasteiger charge is -2.20. The Morgan fingerprint density at radius 1 is 1.05 bits per heavy atom. The van der Waals surface area contributed by atoms with Gasteiger partial charge in [-0.25, -0.2) is 14.8 Å². The summed E-state index contributed by atoms with van der Waals surface area (Å²) in [5, 5.41) is 3.89. The highest BCUT2D eigenvalue weighted by atomic mass is 16.5. The van der Waals surface area contributed by atoms with E-state index < -0.39 is 5.76 Å². The molecular formula is C30H29N5O2. The van der Waals surface area contributed by atoms with Crippen molar-refractivity contribution in [1.82, 2.24) is 24.7 Å². The average Bonchev–Trinajstić information content (AvgIpc) is 3.44. The van der Waals surface area contributed by atoms with Crippen LogP contribution < -0.4 is 5.76 Å². The molecule has 7 nitrogen and oxygen atoms in total. The number of fused-ring (bicyclic) bond motifs is 3. The van der Waals surface area contributed by atoms with E-state index >= 15 is 0 Å². The number of rotatable bonds is 4. The first kappa shape index (κ1) is 23.2. The van der Waals surface area contributed by atoms with Gasteiger partial charge in [-0.05, 0) is 84.7 Å². The number of aryl methyl sites for hydroxylation is 5. The molecular weight excluding hydrogens is 462 g/mol. The van der Waals surface area contributed by atoms with Gasteiger partial charge in [-0.3, -0.25) is 9.51 Å². The normalized spacial score (nSPS) is 15.0. The lowest BCUT2D eigenvalue weighted by Crippen LogP contribution is -2.12. The van der Waals surface area contributed by atoms with Gasteiger partial charge in [-0.15, -0.1) is 0 Å². The minimum atomic E-state index is -0.559. The number of imidazole rings is 1. The zero-order valence-corrected chi connectivity index (χ0v) is 21.5. The molecule has 0 saturated carbocycles. The van der Waals surface area contributed by atoms with Gasteiger partial charge < -0.3 is 4.57 Å². The van der Waals surface area contributed by atoms with E-state index in [-0.39, 0.29) is 6.04 Å². The van der Waals surface area contributed by atoms with Gasteiger partial charge in [0.2, 0.25) is 0 Å². The molecule has 0 amide bonds. The number of benzene rings is 2. The summed E-state index contributed by atoms with van der Waals surface area (Å²) >= 11 is 0. The number of nitrogens with zero attached hydrogens (tertiary/aromatic N) is 4. The van der Waals surface area contributed by atoms with Crippen LogP contribution in [0.5, 0.6) is 0 Å². The maximum absolute atomic E-state index is 11.6.